The lowest BCUT2D eigenvalue weighted by Crippen LogP contribution is -2.36. The van der Waals surface area contributed by atoms with Gasteiger partial charge in [-0.15, -0.1) is 0 Å². The van der Waals surface area contributed by atoms with Gasteiger partial charge in [-0.2, -0.15) is 0 Å². The number of carbonyl (C=O) groups excluding carboxylic acids is 1. The summed E-state index contributed by atoms with van der Waals surface area (Å²) in [5.74, 6) is -0.811. The maximum atomic E-state index is 12.0. The van der Waals surface area contributed by atoms with E-state index in [0.29, 0.717) is 23.4 Å². The van der Waals surface area contributed by atoms with E-state index in [9.17, 15) is 9.59 Å². The van der Waals surface area contributed by atoms with Gasteiger partial charge in [-0.1, -0.05) is 18.5 Å². The van der Waals surface area contributed by atoms with Crippen LogP contribution in [-0.4, -0.2) is 28.2 Å². The molecule has 6 heteroatoms. The van der Waals surface area contributed by atoms with Gasteiger partial charge in [-0.05, 0) is 20.3 Å². The van der Waals surface area contributed by atoms with Crippen molar-refractivity contribution in [2.24, 2.45) is 0 Å². The minimum absolute atomic E-state index is 0.0804. The van der Waals surface area contributed by atoms with E-state index in [4.69, 9.17) is 9.63 Å². The summed E-state index contributed by atoms with van der Waals surface area (Å²) in [6.45, 7) is 5.27. The van der Waals surface area contributed by atoms with Gasteiger partial charge in [0.2, 0.25) is 0 Å². The van der Waals surface area contributed by atoms with Crippen molar-refractivity contribution >= 4 is 11.9 Å². The average molecular weight is 254 g/mol. The van der Waals surface area contributed by atoms with E-state index in [1.54, 1.807) is 13.8 Å². The molecule has 0 aliphatic rings. The second kappa shape index (κ2) is 6.18. The summed E-state index contributed by atoms with van der Waals surface area (Å²) in [4.78, 5) is 22.7. The summed E-state index contributed by atoms with van der Waals surface area (Å²) in [6, 6.07) is -0.367. The highest BCUT2D eigenvalue weighted by molar-refractivity contribution is 5.96. The van der Waals surface area contributed by atoms with Crippen LogP contribution in [0.15, 0.2) is 4.52 Å². The van der Waals surface area contributed by atoms with Gasteiger partial charge in [-0.3, -0.25) is 9.59 Å². The number of carboxylic acids is 1. The fraction of sp³-hybridized carbons (Fsp3) is 0.583. The van der Waals surface area contributed by atoms with Crippen LogP contribution >= 0.6 is 0 Å². The molecule has 0 bridgehead atoms. The molecule has 2 N–H and O–H groups in total. The standard InChI is InChI=1S/C12H18N2O4/c1-4-5-9(6-10(15)16)13-12(17)11-7(2)14-18-8(11)3/h9H,4-6H2,1-3H3,(H,13,17)(H,15,16). The van der Waals surface area contributed by atoms with Crippen LogP contribution in [0.25, 0.3) is 0 Å². The molecule has 0 radical (unpaired) electrons. The Balaban J connectivity index is 2.75. The Morgan fingerprint density at radius 1 is 1.44 bits per heavy atom. The molecule has 0 aliphatic carbocycles. The Labute approximate surface area is 105 Å². The Hall–Kier alpha value is -1.85. The number of hydrogen-bond acceptors (Lipinski definition) is 4. The first kappa shape index (κ1) is 14.2. The van der Waals surface area contributed by atoms with E-state index in [1.165, 1.54) is 0 Å². The first-order chi connectivity index (χ1) is 8.45. The summed E-state index contributed by atoms with van der Waals surface area (Å²) < 4.78 is 4.91. The second-order valence-corrected chi connectivity index (χ2v) is 4.26. The van der Waals surface area contributed by atoms with Crippen LogP contribution in [0.1, 0.15) is 48.0 Å². The van der Waals surface area contributed by atoms with Crippen LogP contribution in [0.2, 0.25) is 0 Å². The van der Waals surface area contributed by atoms with E-state index < -0.39 is 5.97 Å². The van der Waals surface area contributed by atoms with Gasteiger partial charge in [0.1, 0.15) is 11.3 Å². The molecule has 0 spiro atoms. The third-order valence-corrected chi connectivity index (χ3v) is 2.65. The molecular weight excluding hydrogens is 236 g/mol. The fourth-order valence-corrected chi connectivity index (χ4v) is 1.85. The summed E-state index contributed by atoms with van der Waals surface area (Å²) in [5.41, 5.74) is 0.900. The minimum Gasteiger partial charge on any atom is -0.481 e. The Kier molecular flexibility index (Phi) is 4.88. The summed E-state index contributed by atoms with van der Waals surface area (Å²) in [5, 5.41) is 15.2. The molecule has 1 aromatic rings. The van der Waals surface area contributed by atoms with Gasteiger partial charge < -0.3 is 14.9 Å². The number of aryl methyl sites for hydroxylation is 2. The smallest absolute Gasteiger partial charge is 0.305 e. The number of hydrogen-bond donors (Lipinski definition) is 2. The number of carboxylic acid groups (broad SMARTS) is 1. The number of nitrogens with zero attached hydrogens (tertiary/aromatic N) is 1. The monoisotopic (exact) mass is 254 g/mol. The van der Waals surface area contributed by atoms with Gasteiger partial charge in [0.05, 0.1) is 12.1 Å². The summed E-state index contributed by atoms with van der Waals surface area (Å²) >= 11 is 0. The number of aliphatic carboxylic acids is 1. The average Bonchev–Trinajstić information content (AvgIpc) is 2.57. The predicted octanol–water partition coefficient (Wildman–Crippen LogP) is 1.66. The van der Waals surface area contributed by atoms with Crippen LogP contribution in [-0.2, 0) is 4.79 Å². The van der Waals surface area contributed by atoms with Crippen molar-refractivity contribution in [3.63, 3.8) is 0 Å². The zero-order valence-corrected chi connectivity index (χ0v) is 10.8. The molecule has 6 nitrogen and oxygen atoms in total. The normalized spacial score (nSPS) is 12.2. The molecule has 18 heavy (non-hydrogen) atoms. The lowest BCUT2D eigenvalue weighted by atomic mass is 10.1. The Morgan fingerprint density at radius 2 is 2.11 bits per heavy atom. The van der Waals surface area contributed by atoms with Crippen LogP contribution in [0, 0.1) is 13.8 Å². The first-order valence-electron chi connectivity index (χ1n) is 5.91. The first-order valence-corrected chi connectivity index (χ1v) is 5.91. The maximum absolute atomic E-state index is 12.0. The van der Waals surface area contributed by atoms with E-state index in [2.05, 4.69) is 10.5 Å². The van der Waals surface area contributed by atoms with Gasteiger partial charge in [0.15, 0.2) is 0 Å². The Morgan fingerprint density at radius 3 is 2.56 bits per heavy atom. The number of nitrogens with one attached hydrogen (secondary N) is 1. The third-order valence-electron chi connectivity index (χ3n) is 2.65. The molecule has 100 valence electrons. The minimum atomic E-state index is -0.924. The number of amides is 1. The van der Waals surface area contributed by atoms with Crippen LogP contribution < -0.4 is 5.32 Å². The van der Waals surface area contributed by atoms with Crippen LogP contribution in [0.4, 0.5) is 0 Å². The van der Waals surface area contributed by atoms with Gasteiger partial charge in [-0.25, -0.2) is 0 Å². The highest BCUT2D eigenvalue weighted by Crippen LogP contribution is 2.13. The topological polar surface area (TPSA) is 92.4 Å². The lowest BCUT2D eigenvalue weighted by molar-refractivity contribution is -0.137. The van der Waals surface area contributed by atoms with Crippen LogP contribution in [0.5, 0.6) is 0 Å². The second-order valence-electron chi connectivity index (χ2n) is 4.26. The molecule has 0 saturated carbocycles. The molecule has 0 aromatic carbocycles. The number of aromatic nitrogens is 1. The van der Waals surface area contributed by atoms with E-state index in [0.717, 1.165) is 6.42 Å². The van der Waals surface area contributed by atoms with Gasteiger partial charge in [0, 0.05) is 6.04 Å². The van der Waals surface area contributed by atoms with Crippen molar-refractivity contribution < 1.29 is 19.2 Å². The van der Waals surface area contributed by atoms with E-state index in [-0.39, 0.29) is 18.4 Å². The molecule has 1 rings (SSSR count). The van der Waals surface area contributed by atoms with Gasteiger partial charge >= 0.3 is 5.97 Å². The molecule has 1 heterocycles. The summed E-state index contributed by atoms with van der Waals surface area (Å²) in [7, 11) is 0. The van der Waals surface area contributed by atoms with Crippen molar-refractivity contribution in [2.75, 3.05) is 0 Å². The van der Waals surface area contributed by atoms with Crippen molar-refractivity contribution in [1.82, 2.24) is 10.5 Å². The quantitative estimate of drug-likeness (QED) is 0.805. The molecule has 1 aromatic heterocycles. The lowest BCUT2D eigenvalue weighted by Gasteiger charge is -2.15. The molecule has 0 aliphatic heterocycles. The molecule has 0 saturated heterocycles. The molecule has 1 amide bonds. The highest BCUT2D eigenvalue weighted by Gasteiger charge is 2.21. The van der Waals surface area contributed by atoms with Crippen molar-refractivity contribution in [3.05, 3.63) is 17.0 Å². The predicted molar refractivity (Wildman–Crippen MR) is 64.4 cm³/mol. The molecule has 1 atom stereocenters. The summed E-state index contributed by atoms with van der Waals surface area (Å²) in [6.07, 6.45) is 1.35. The third kappa shape index (κ3) is 3.58. The largest absolute Gasteiger partial charge is 0.481 e. The van der Waals surface area contributed by atoms with Crippen molar-refractivity contribution in [1.29, 1.82) is 0 Å². The zero-order chi connectivity index (χ0) is 13.7. The molecule has 0 fully saturated rings. The van der Waals surface area contributed by atoms with Crippen molar-refractivity contribution in [2.45, 2.75) is 46.1 Å². The highest BCUT2D eigenvalue weighted by atomic mass is 16.5. The van der Waals surface area contributed by atoms with Gasteiger partial charge in [0.25, 0.3) is 5.91 Å². The fourth-order valence-electron chi connectivity index (χ4n) is 1.85. The zero-order valence-electron chi connectivity index (χ0n) is 10.8. The van der Waals surface area contributed by atoms with E-state index in [1.807, 2.05) is 6.92 Å². The number of carbonyl (C=O) groups is 2. The number of rotatable bonds is 6. The molecule has 1 unspecified atom stereocenters. The molecular formula is C12H18N2O4. The SMILES string of the molecule is CCCC(CC(=O)O)NC(=O)c1c(C)noc1C. The van der Waals surface area contributed by atoms with Crippen LogP contribution in [0.3, 0.4) is 0 Å². The Bertz CT molecular complexity index is 420. The van der Waals surface area contributed by atoms with E-state index >= 15 is 0 Å². The van der Waals surface area contributed by atoms with Crippen molar-refractivity contribution in [3.8, 4) is 0 Å². The maximum Gasteiger partial charge on any atom is 0.305 e.